The molecule has 0 aliphatic heterocycles. The lowest BCUT2D eigenvalue weighted by Gasteiger charge is -2.08. The van der Waals surface area contributed by atoms with E-state index in [0.717, 1.165) is 21.3 Å². The Labute approximate surface area is 124 Å². The SMILES string of the molecule is COc1ccc(-c2cc(N)ncc2Cl)c2sc(N)nc12. The molecule has 2 heterocycles. The average Bonchev–Trinajstić information content (AvgIpc) is 2.82. The summed E-state index contributed by atoms with van der Waals surface area (Å²) in [4.78, 5) is 8.27. The van der Waals surface area contributed by atoms with E-state index >= 15 is 0 Å². The molecular weight excluding hydrogens is 296 g/mol. The number of aromatic nitrogens is 2. The van der Waals surface area contributed by atoms with Gasteiger partial charge in [0.2, 0.25) is 0 Å². The van der Waals surface area contributed by atoms with Crippen molar-refractivity contribution < 1.29 is 4.74 Å². The van der Waals surface area contributed by atoms with Crippen LogP contribution in [-0.2, 0) is 0 Å². The van der Waals surface area contributed by atoms with E-state index in [9.17, 15) is 0 Å². The summed E-state index contributed by atoms with van der Waals surface area (Å²) in [5.74, 6) is 1.08. The molecule has 7 heteroatoms. The van der Waals surface area contributed by atoms with Crippen LogP contribution in [0.4, 0.5) is 10.9 Å². The van der Waals surface area contributed by atoms with E-state index in [2.05, 4.69) is 9.97 Å². The highest BCUT2D eigenvalue weighted by Crippen LogP contribution is 2.41. The first-order valence-corrected chi connectivity index (χ1v) is 6.94. The van der Waals surface area contributed by atoms with E-state index in [1.807, 2.05) is 12.1 Å². The number of hydrogen-bond acceptors (Lipinski definition) is 6. The summed E-state index contributed by atoms with van der Waals surface area (Å²) in [6, 6.07) is 5.49. The van der Waals surface area contributed by atoms with E-state index in [1.54, 1.807) is 13.2 Å². The number of fused-ring (bicyclic) bond motifs is 1. The summed E-state index contributed by atoms with van der Waals surface area (Å²) in [6.45, 7) is 0. The molecule has 0 amide bonds. The van der Waals surface area contributed by atoms with Crippen LogP contribution in [0.3, 0.4) is 0 Å². The van der Waals surface area contributed by atoms with Crippen LogP contribution in [0.2, 0.25) is 5.02 Å². The second-order valence-electron chi connectivity index (χ2n) is 4.13. The number of benzene rings is 1. The zero-order valence-corrected chi connectivity index (χ0v) is 12.1. The van der Waals surface area contributed by atoms with Crippen molar-refractivity contribution in [2.45, 2.75) is 0 Å². The summed E-state index contributed by atoms with van der Waals surface area (Å²) < 4.78 is 6.22. The highest BCUT2D eigenvalue weighted by Gasteiger charge is 2.15. The Morgan fingerprint density at radius 2 is 2.05 bits per heavy atom. The molecule has 102 valence electrons. The van der Waals surface area contributed by atoms with Crippen LogP contribution in [0.5, 0.6) is 5.75 Å². The maximum Gasteiger partial charge on any atom is 0.181 e. The van der Waals surface area contributed by atoms with Crippen molar-refractivity contribution in [1.82, 2.24) is 9.97 Å². The van der Waals surface area contributed by atoms with Gasteiger partial charge in [-0.2, -0.15) is 0 Å². The Morgan fingerprint density at radius 1 is 1.25 bits per heavy atom. The van der Waals surface area contributed by atoms with E-state index in [0.29, 0.717) is 21.7 Å². The minimum atomic E-state index is 0.408. The van der Waals surface area contributed by atoms with E-state index in [4.69, 9.17) is 27.8 Å². The molecule has 3 rings (SSSR count). The van der Waals surface area contributed by atoms with Gasteiger partial charge in [-0.05, 0) is 18.2 Å². The maximum absolute atomic E-state index is 6.22. The maximum atomic E-state index is 6.22. The molecule has 4 N–H and O–H groups in total. The minimum Gasteiger partial charge on any atom is -0.494 e. The molecule has 2 aromatic heterocycles. The number of anilines is 2. The summed E-state index contributed by atoms with van der Waals surface area (Å²) in [5, 5.41) is 1.00. The number of thiazole rings is 1. The van der Waals surface area contributed by atoms with E-state index in [-0.39, 0.29) is 0 Å². The van der Waals surface area contributed by atoms with Crippen LogP contribution in [-0.4, -0.2) is 17.1 Å². The predicted octanol–water partition coefficient (Wildman–Crippen LogP) is 3.18. The molecule has 1 aromatic carbocycles. The van der Waals surface area contributed by atoms with Crippen molar-refractivity contribution in [2.75, 3.05) is 18.6 Å². The van der Waals surface area contributed by atoms with Gasteiger partial charge in [-0.1, -0.05) is 22.9 Å². The van der Waals surface area contributed by atoms with Gasteiger partial charge >= 0.3 is 0 Å². The molecule has 0 aliphatic carbocycles. The Hall–Kier alpha value is -2.05. The van der Waals surface area contributed by atoms with E-state index in [1.165, 1.54) is 17.5 Å². The normalized spacial score (nSPS) is 10.9. The molecular formula is C13H11ClN4OS. The molecule has 0 saturated carbocycles. The topological polar surface area (TPSA) is 87.0 Å². The predicted molar refractivity (Wildman–Crippen MR) is 83.2 cm³/mol. The molecule has 3 aromatic rings. The third kappa shape index (κ3) is 2.03. The van der Waals surface area contributed by atoms with Gasteiger partial charge in [0.25, 0.3) is 0 Å². The molecule has 0 unspecified atom stereocenters. The van der Waals surface area contributed by atoms with Gasteiger partial charge in [0.15, 0.2) is 5.13 Å². The number of ether oxygens (including phenoxy) is 1. The Bertz CT molecular complexity index is 802. The monoisotopic (exact) mass is 306 g/mol. The number of hydrogen-bond donors (Lipinski definition) is 2. The van der Waals surface area contributed by atoms with Crippen molar-refractivity contribution in [1.29, 1.82) is 0 Å². The average molecular weight is 307 g/mol. The molecule has 20 heavy (non-hydrogen) atoms. The number of pyridine rings is 1. The smallest absolute Gasteiger partial charge is 0.181 e. The van der Waals surface area contributed by atoms with Gasteiger partial charge in [-0.3, -0.25) is 0 Å². The molecule has 0 bridgehead atoms. The number of rotatable bonds is 2. The highest BCUT2D eigenvalue weighted by molar-refractivity contribution is 7.22. The number of nitrogens with two attached hydrogens (primary N) is 2. The van der Waals surface area contributed by atoms with Gasteiger partial charge in [0.1, 0.15) is 17.1 Å². The summed E-state index contributed by atoms with van der Waals surface area (Å²) in [7, 11) is 1.60. The van der Waals surface area contributed by atoms with Crippen molar-refractivity contribution >= 4 is 44.1 Å². The minimum absolute atomic E-state index is 0.408. The quantitative estimate of drug-likeness (QED) is 0.759. The largest absolute Gasteiger partial charge is 0.494 e. The summed E-state index contributed by atoms with van der Waals surface area (Å²) in [6.07, 6.45) is 1.53. The van der Waals surface area contributed by atoms with Gasteiger partial charge in [-0.15, -0.1) is 0 Å². The third-order valence-electron chi connectivity index (χ3n) is 2.91. The van der Waals surface area contributed by atoms with Gasteiger partial charge in [0.05, 0.1) is 16.8 Å². The van der Waals surface area contributed by atoms with Crippen molar-refractivity contribution in [3.63, 3.8) is 0 Å². The molecule has 0 aliphatic rings. The fraction of sp³-hybridized carbons (Fsp3) is 0.0769. The van der Waals surface area contributed by atoms with Crippen molar-refractivity contribution in [2.24, 2.45) is 0 Å². The number of nitrogen functional groups attached to an aromatic ring is 2. The number of methoxy groups -OCH3 is 1. The molecule has 0 saturated heterocycles. The lowest BCUT2D eigenvalue weighted by molar-refractivity contribution is 0.419. The van der Waals surface area contributed by atoms with Crippen molar-refractivity contribution in [3.05, 3.63) is 29.4 Å². The van der Waals surface area contributed by atoms with E-state index < -0.39 is 0 Å². The first-order chi connectivity index (χ1) is 9.60. The van der Waals surface area contributed by atoms with Gasteiger partial charge < -0.3 is 16.2 Å². The number of halogens is 1. The first-order valence-electron chi connectivity index (χ1n) is 5.74. The zero-order valence-electron chi connectivity index (χ0n) is 10.6. The Morgan fingerprint density at radius 3 is 2.80 bits per heavy atom. The molecule has 5 nitrogen and oxygen atoms in total. The van der Waals surface area contributed by atoms with Crippen LogP contribution >= 0.6 is 22.9 Å². The Balaban J connectivity index is 2.34. The van der Waals surface area contributed by atoms with Crippen molar-refractivity contribution in [3.8, 4) is 16.9 Å². The van der Waals surface area contributed by atoms with Gasteiger partial charge in [0, 0.05) is 17.3 Å². The van der Waals surface area contributed by atoms with Gasteiger partial charge in [-0.25, -0.2) is 9.97 Å². The first kappa shape index (κ1) is 13.0. The molecule has 0 spiro atoms. The third-order valence-corrected chi connectivity index (χ3v) is 4.13. The molecule has 0 atom stereocenters. The molecule has 0 fully saturated rings. The lowest BCUT2D eigenvalue weighted by atomic mass is 10.1. The highest BCUT2D eigenvalue weighted by atomic mass is 35.5. The number of nitrogens with zero attached hydrogens (tertiary/aromatic N) is 2. The second-order valence-corrected chi connectivity index (χ2v) is 5.57. The standard InChI is InChI=1S/C13H11ClN4OS/c1-19-9-3-2-6(12-11(9)18-13(16)20-12)7-4-10(15)17-5-8(7)14/h2-5H,1H3,(H2,15,17)(H2,16,18). The fourth-order valence-corrected chi connectivity index (χ4v) is 3.12. The summed E-state index contributed by atoms with van der Waals surface area (Å²) >= 11 is 7.60. The lowest BCUT2D eigenvalue weighted by Crippen LogP contribution is -1.92. The van der Waals surface area contributed by atoms with Crippen LogP contribution in [0.15, 0.2) is 24.4 Å². The fourth-order valence-electron chi connectivity index (χ4n) is 2.04. The Kier molecular flexibility index (Phi) is 3.11. The van der Waals surface area contributed by atoms with Crippen LogP contribution in [0, 0.1) is 0 Å². The molecule has 0 radical (unpaired) electrons. The zero-order chi connectivity index (χ0) is 14.3. The van der Waals surface area contributed by atoms with Crippen LogP contribution in [0.1, 0.15) is 0 Å². The second kappa shape index (κ2) is 4.81. The van der Waals surface area contributed by atoms with Crippen LogP contribution < -0.4 is 16.2 Å². The summed E-state index contributed by atoms with van der Waals surface area (Å²) in [5.41, 5.74) is 14.0. The van der Waals surface area contributed by atoms with Crippen LogP contribution in [0.25, 0.3) is 21.3 Å².